The number of hydrogen-bond donors (Lipinski definition) is 3. The molecule has 0 spiro atoms. The van der Waals surface area contributed by atoms with Crippen LogP contribution in [0.1, 0.15) is 42.6 Å². The van der Waals surface area contributed by atoms with E-state index >= 15 is 0 Å². The number of likely N-dealkylation sites (tertiary alicyclic amines) is 1. The maximum absolute atomic E-state index is 11.0. The van der Waals surface area contributed by atoms with Crippen molar-refractivity contribution >= 4 is 0 Å². The molecule has 2 aromatic rings. The fourth-order valence-electron chi connectivity index (χ4n) is 3.60. The van der Waals surface area contributed by atoms with Crippen LogP contribution in [0.5, 0.6) is 5.75 Å². The average Bonchev–Trinajstić information content (AvgIpc) is 2.62. The van der Waals surface area contributed by atoms with Crippen LogP contribution in [-0.4, -0.2) is 39.4 Å². The van der Waals surface area contributed by atoms with Crippen LogP contribution in [0.4, 0.5) is 0 Å². The molecule has 4 heteroatoms. The summed E-state index contributed by atoms with van der Waals surface area (Å²) in [6.45, 7) is 5.53. The van der Waals surface area contributed by atoms with Gasteiger partial charge in [-0.25, -0.2) is 0 Å². The van der Waals surface area contributed by atoms with Gasteiger partial charge in [0.2, 0.25) is 0 Å². The van der Waals surface area contributed by atoms with E-state index in [1.54, 1.807) is 24.3 Å². The van der Waals surface area contributed by atoms with E-state index in [-0.39, 0.29) is 11.8 Å². The quantitative estimate of drug-likeness (QED) is 0.800. The Morgan fingerprint density at radius 1 is 0.960 bits per heavy atom. The van der Waals surface area contributed by atoms with E-state index in [4.69, 9.17) is 0 Å². The number of hydrogen-bond acceptors (Lipinski definition) is 4. The van der Waals surface area contributed by atoms with Crippen LogP contribution in [0.15, 0.2) is 48.5 Å². The molecule has 0 saturated carbocycles. The molecule has 1 aliphatic heterocycles. The first kappa shape index (κ1) is 17.9. The lowest BCUT2D eigenvalue weighted by atomic mass is 9.83. The zero-order chi connectivity index (χ0) is 18.0. The van der Waals surface area contributed by atoms with Gasteiger partial charge in [0, 0.05) is 19.1 Å². The van der Waals surface area contributed by atoms with Crippen molar-refractivity contribution in [2.75, 3.05) is 13.1 Å². The van der Waals surface area contributed by atoms with Crippen molar-refractivity contribution in [3.8, 4) is 5.75 Å². The van der Waals surface area contributed by atoms with E-state index in [2.05, 4.69) is 4.90 Å². The molecule has 0 bridgehead atoms. The maximum Gasteiger partial charge on any atom is 0.115 e. The van der Waals surface area contributed by atoms with Crippen molar-refractivity contribution in [2.45, 2.75) is 44.4 Å². The Morgan fingerprint density at radius 2 is 1.52 bits per heavy atom. The molecule has 2 atom stereocenters. The number of phenolic OH excluding ortho intramolecular Hbond substituents is 1. The monoisotopic (exact) mass is 341 g/mol. The Morgan fingerprint density at radius 3 is 2.08 bits per heavy atom. The Labute approximate surface area is 149 Å². The van der Waals surface area contributed by atoms with Crippen LogP contribution in [0.25, 0.3) is 0 Å². The first-order valence-electron chi connectivity index (χ1n) is 8.90. The lowest BCUT2D eigenvalue weighted by Gasteiger charge is -2.42. The summed E-state index contributed by atoms with van der Waals surface area (Å²) in [5.41, 5.74) is 2.18. The van der Waals surface area contributed by atoms with Gasteiger partial charge >= 0.3 is 0 Å². The molecule has 2 aromatic carbocycles. The van der Waals surface area contributed by atoms with Crippen molar-refractivity contribution in [1.29, 1.82) is 0 Å². The molecule has 1 heterocycles. The van der Waals surface area contributed by atoms with Crippen LogP contribution in [0, 0.1) is 6.92 Å². The molecule has 25 heavy (non-hydrogen) atoms. The Kier molecular flexibility index (Phi) is 5.13. The minimum Gasteiger partial charge on any atom is -0.508 e. The zero-order valence-corrected chi connectivity index (χ0v) is 14.9. The largest absolute Gasteiger partial charge is 0.508 e. The van der Waals surface area contributed by atoms with Crippen LogP contribution < -0.4 is 0 Å². The van der Waals surface area contributed by atoms with Crippen molar-refractivity contribution in [3.05, 3.63) is 65.2 Å². The van der Waals surface area contributed by atoms with Crippen LogP contribution in [0.2, 0.25) is 0 Å². The smallest absolute Gasteiger partial charge is 0.115 e. The van der Waals surface area contributed by atoms with Gasteiger partial charge in [-0.1, -0.05) is 42.0 Å². The van der Waals surface area contributed by atoms with Gasteiger partial charge in [0.05, 0.1) is 11.7 Å². The molecular weight excluding hydrogens is 314 g/mol. The van der Waals surface area contributed by atoms with Crippen LogP contribution >= 0.6 is 0 Å². The third kappa shape index (κ3) is 3.87. The van der Waals surface area contributed by atoms with E-state index in [0.29, 0.717) is 12.8 Å². The SMILES string of the molecule is Cc1ccc(C2(O)CCN([C@@H](C)C(O)c3ccc(O)cc3)CC2)cc1. The lowest BCUT2D eigenvalue weighted by Crippen LogP contribution is -2.47. The molecule has 0 radical (unpaired) electrons. The summed E-state index contributed by atoms with van der Waals surface area (Å²) >= 11 is 0. The van der Waals surface area contributed by atoms with E-state index in [1.807, 2.05) is 38.1 Å². The first-order chi connectivity index (χ1) is 11.9. The summed E-state index contributed by atoms with van der Waals surface area (Å²) in [6, 6.07) is 14.8. The fraction of sp³-hybridized carbons (Fsp3) is 0.429. The number of nitrogens with zero attached hydrogens (tertiary/aromatic N) is 1. The molecule has 1 saturated heterocycles. The van der Waals surface area contributed by atoms with E-state index < -0.39 is 11.7 Å². The third-order valence-electron chi connectivity index (χ3n) is 5.48. The Balaban J connectivity index is 1.64. The van der Waals surface area contributed by atoms with Crippen molar-refractivity contribution in [2.24, 2.45) is 0 Å². The highest BCUT2D eigenvalue weighted by Gasteiger charge is 2.36. The van der Waals surface area contributed by atoms with Crippen molar-refractivity contribution < 1.29 is 15.3 Å². The summed E-state index contributed by atoms with van der Waals surface area (Å²) in [7, 11) is 0. The number of aryl methyl sites for hydroxylation is 1. The van der Waals surface area contributed by atoms with Gasteiger partial charge < -0.3 is 15.3 Å². The molecule has 0 amide bonds. The first-order valence-corrected chi connectivity index (χ1v) is 8.90. The summed E-state index contributed by atoms with van der Waals surface area (Å²) < 4.78 is 0. The zero-order valence-electron chi connectivity index (χ0n) is 14.9. The van der Waals surface area contributed by atoms with Crippen LogP contribution in [0.3, 0.4) is 0 Å². The number of aliphatic hydroxyl groups is 2. The summed E-state index contributed by atoms with van der Waals surface area (Å²) in [5.74, 6) is 0.199. The molecule has 0 aromatic heterocycles. The van der Waals surface area contributed by atoms with Crippen LogP contribution in [-0.2, 0) is 5.60 Å². The molecule has 134 valence electrons. The highest BCUT2D eigenvalue weighted by Crippen LogP contribution is 2.35. The maximum atomic E-state index is 11.0. The highest BCUT2D eigenvalue weighted by atomic mass is 16.3. The number of benzene rings is 2. The predicted octanol–water partition coefficient (Wildman–Crippen LogP) is 3.11. The van der Waals surface area contributed by atoms with Gasteiger partial charge in [0.25, 0.3) is 0 Å². The van der Waals surface area contributed by atoms with Gasteiger partial charge in [-0.05, 0) is 49.9 Å². The lowest BCUT2D eigenvalue weighted by molar-refractivity contribution is -0.0501. The van der Waals surface area contributed by atoms with Gasteiger partial charge in [-0.3, -0.25) is 4.90 Å². The normalized spacial score (nSPS) is 20.2. The summed E-state index contributed by atoms with van der Waals surface area (Å²) in [6.07, 6.45) is 0.692. The molecular formula is C21H27NO3. The average molecular weight is 341 g/mol. The van der Waals surface area contributed by atoms with Gasteiger partial charge in [0.1, 0.15) is 5.75 Å². The summed E-state index contributed by atoms with van der Waals surface area (Å²) in [5, 5.41) is 31.0. The number of rotatable bonds is 4. The number of piperidine rings is 1. The molecule has 1 unspecified atom stereocenters. The molecule has 3 N–H and O–H groups in total. The Bertz CT molecular complexity index is 688. The number of phenols is 1. The van der Waals surface area contributed by atoms with Crippen molar-refractivity contribution in [3.63, 3.8) is 0 Å². The molecule has 1 fully saturated rings. The second kappa shape index (κ2) is 7.16. The Hall–Kier alpha value is -1.88. The number of aliphatic hydroxyl groups excluding tert-OH is 1. The topological polar surface area (TPSA) is 63.9 Å². The number of aromatic hydroxyl groups is 1. The molecule has 1 aliphatic rings. The second-order valence-electron chi connectivity index (χ2n) is 7.21. The van der Waals surface area contributed by atoms with Gasteiger partial charge in [-0.15, -0.1) is 0 Å². The van der Waals surface area contributed by atoms with Gasteiger partial charge in [-0.2, -0.15) is 0 Å². The third-order valence-corrected chi connectivity index (χ3v) is 5.48. The molecule has 4 nitrogen and oxygen atoms in total. The fourth-order valence-corrected chi connectivity index (χ4v) is 3.60. The summed E-state index contributed by atoms with van der Waals surface area (Å²) in [4.78, 5) is 2.22. The highest BCUT2D eigenvalue weighted by molar-refractivity contribution is 5.29. The molecule has 0 aliphatic carbocycles. The molecule has 3 rings (SSSR count). The van der Waals surface area contributed by atoms with Crippen molar-refractivity contribution in [1.82, 2.24) is 4.90 Å². The standard InChI is InChI=1S/C21H27NO3/c1-15-3-7-18(8-4-15)21(25)11-13-22(14-12-21)16(2)20(24)17-5-9-19(23)10-6-17/h3-10,16,20,23-25H,11-14H2,1-2H3/t16-,20?/m0/s1. The minimum absolute atomic E-state index is 0.0490. The predicted molar refractivity (Wildman–Crippen MR) is 98.4 cm³/mol. The van der Waals surface area contributed by atoms with E-state index in [0.717, 1.165) is 24.2 Å². The van der Waals surface area contributed by atoms with Gasteiger partial charge in [0.15, 0.2) is 0 Å². The second-order valence-corrected chi connectivity index (χ2v) is 7.21. The minimum atomic E-state index is -0.784. The van der Waals surface area contributed by atoms with E-state index in [1.165, 1.54) is 5.56 Å². The van der Waals surface area contributed by atoms with E-state index in [9.17, 15) is 15.3 Å².